The number of carboxylic acids is 1. The van der Waals surface area contributed by atoms with Crippen molar-refractivity contribution in [3.8, 4) is 11.5 Å². The van der Waals surface area contributed by atoms with Gasteiger partial charge in [-0.2, -0.15) is 0 Å². The number of hydrogen-bond donors (Lipinski definition) is 2. The number of halogens is 1. The molecule has 1 heterocycles. The molecule has 0 aromatic heterocycles. The van der Waals surface area contributed by atoms with Gasteiger partial charge in [0.25, 0.3) is 5.91 Å². The smallest absolute Gasteiger partial charge is 0.329 e. The van der Waals surface area contributed by atoms with Crippen LogP contribution in [0.3, 0.4) is 0 Å². The monoisotopic (exact) mass is 444 g/mol. The third-order valence-electron chi connectivity index (χ3n) is 4.36. The first-order valence-electron chi connectivity index (χ1n) is 9.49. The largest absolute Gasteiger partial charge is 0.490 e. The van der Waals surface area contributed by atoms with Gasteiger partial charge in [0.1, 0.15) is 18.8 Å². The molecular formula is C22H21ClN2O6. The average molecular weight is 445 g/mol. The molecule has 9 heteroatoms. The summed E-state index contributed by atoms with van der Waals surface area (Å²) in [5.41, 5.74) is 2.51. The lowest BCUT2D eigenvalue weighted by Crippen LogP contribution is -2.35. The zero-order valence-electron chi connectivity index (χ0n) is 17.0. The zero-order valence-corrected chi connectivity index (χ0v) is 17.7. The number of nitrogens with zero attached hydrogens (tertiary/aromatic N) is 1. The van der Waals surface area contributed by atoms with E-state index in [2.05, 4.69) is 5.32 Å². The van der Waals surface area contributed by atoms with E-state index in [-0.39, 0.29) is 10.7 Å². The molecule has 8 nitrogen and oxygen atoms in total. The number of ether oxygens (including phenoxy) is 2. The number of aliphatic carboxylic acids is 1. The zero-order chi connectivity index (χ0) is 22.5. The van der Waals surface area contributed by atoms with Gasteiger partial charge in [0.05, 0.1) is 11.6 Å². The van der Waals surface area contributed by atoms with E-state index in [1.165, 1.54) is 6.08 Å². The standard InChI is InChI=1S/C22H21ClN2O6/c1-3-30-18-10-15(9-17-21(28)25(11-19(26)27)22(29)24-17)8-16(23)20(18)31-12-14-6-4-5-13(2)7-14/h4-10H,3,11-12H2,1-2H3,(H,24,29)(H,26,27)/b17-9+. The van der Waals surface area contributed by atoms with E-state index in [1.54, 1.807) is 12.1 Å². The minimum atomic E-state index is -1.29. The molecule has 162 valence electrons. The van der Waals surface area contributed by atoms with Gasteiger partial charge in [-0.15, -0.1) is 0 Å². The third-order valence-corrected chi connectivity index (χ3v) is 4.64. The highest BCUT2D eigenvalue weighted by Crippen LogP contribution is 2.38. The molecule has 0 unspecified atom stereocenters. The predicted octanol–water partition coefficient (Wildman–Crippen LogP) is 3.60. The van der Waals surface area contributed by atoms with Gasteiger partial charge in [-0.3, -0.25) is 9.59 Å². The Labute approximate surface area is 184 Å². The van der Waals surface area contributed by atoms with Crippen LogP contribution in [-0.4, -0.2) is 41.1 Å². The van der Waals surface area contributed by atoms with Crippen molar-refractivity contribution in [1.29, 1.82) is 0 Å². The Kier molecular flexibility index (Phi) is 6.81. The number of carboxylic acid groups (broad SMARTS) is 1. The number of nitrogens with one attached hydrogen (secondary N) is 1. The highest BCUT2D eigenvalue weighted by atomic mass is 35.5. The highest BCUT2D eigenvalue weighted by Gasteiger charge is 2.34. The Balaban J connectivity index is 1.86. The van der Waals surface area contributed by atoms with Crippen LogP contribution in [0.4, 0.5) is 4.79 Å². The van der Waals surface area contributed by atoms with E-state index < -0.39 is 24.5 Å². The van der Waals surface area contributed by atoms with E-state index in [1.807, 2.05) is 38.1 Å². The van der Waals surface area contributed by atoms with Gasteiger partial charge in [-0.1, -0.05) is 41.4 Å². The maximum Gasteiger partial charge on any atom is 0.329 e. The van der Waals surface area contributed by atoms with Gasteiger partial charge in [0, 0.05) is 0 Å². The minimum absolute atomic E-state index is 0.0572. The van der Waals surface area contributed by atoms with Crippen molar-refractivity contribution in [2.24, 2.45) is 0 Å². The molecule has 0 saturated carbocycles. The summed E-state index contributed by atoms with van der Waals surface area (Å²) in [5, 5.41) is 11.5. The molecule has 1 fully saturated rings. The molecule has 1 saturated heterocycles. The number of amides is 3. The first kappa shape index (κ1) is 22.2. The lowest BCUT2D eigenvalue weighted by atomic mass is 10.1. The molecule has 31 heavy (non-hydrogen) atoms. The van der Waals surface area contributed by atoms with Crippen LogP contribution in [0, 0.1) is 6.92 Å². The van der Waals surface area contributed by atoms with E-state index in [4.69, 9.17) is 26.2 Å². The molecule has 0 spiro atoms. The quantitative estimate of drug-likeness (QED) is 0.476. The van der Waals surface area contributed by atoms with Crippen LogP contribution in [-0.2, 0) is 16.2 Å². The van der Waals surface area contributed by atoms with Gasteiger partial charge >= 0.3 is 12.0 Å². The van der Waals surface area contributed by atoms with Gasteiger partial charge in [0.2, 0.25) is 0 Å². The van der Waals surface area contributed by atoms with Crippen molar-refractivity contribution >= 4 is 35.6 Å². The Morgan fingerprint density at radius 2 is 2.00 bits per heavy atom. The molecule has 0 aliphatic carbocycles. The second-order valence-electron chi connectivity index (χ2n) is 6.81. The predicted molar refractivity (Wildman–Crippen MR) is 114 cm³/mol. The minimum Gasteiger partial charge on any atom is -0.490 e. The number of hydrogen-bond acceptors (Lipinski definition) is 5. The molecule has 0 atom stereocenters. The number of carbonyl (C=O) groups excluding carboxylic acids is 2. The Bertz CT molecular complexity index is 1070. The summed E-state index contributed by atoms with van der Waals surface area (Å²) in [7, 11) is 0. The first-order chi connectivity index (χ1) is 14.8. The summed E-state index contributed by atoms with van der Waals surface area (Å²) in [4.78, 5) is 35.7. The molecule has 2 N–H and O–H groups in total. The second kappa shape index (κ2) is 9.53. The van der Waals surface area contributed by atoms with E-state index in [9.17, 15) is 14.4 Å². The number of benzene rings is 2. The van der Waals surface area contributed by atoms with Crippen LogP contribution >= 0.6 is 11.6 Å². The molecule has 0 radical (unpaired) electrons. The summed E-state index contributed by atoms with van der Waals surface area (Å²) in [5.74, 6) is -1.28. The lowest BCUT2D eigenvalue weighted by molar-refractivity contribution is -0.140. The summed E-state index contributed by atoms with van der Waals surface area (Å²) in [6.45, 7) is 3.73. The summed E-state index contributed by atoms with van der Waals surface area (Å²) in [6.07, 6.45) is 1.40. The van der Waals surface area contributed by atoms with E-state index in [0.29, 0.717) is 35.2 Å². The number of rotatable bonds is 8. The van der Waals surface area contributed by atoms with Crippen molar-refractivity contribution in [1.82, 2.24) is 10.2 Å². The highest BCUT2D eigenvalue weighted by molar-refractivity contribution is 6.32. The first-order valence-corrected chi connectivity index (χ1v) is 9.87. The second-order valence-corrected chi connectivity index (χ2v) is 7.22. The molecule has 0 bridgehead atoms. The number of aryl methyl sites for hydroxylation is 1. The molecule has 1 aliphatic rings. The molecule has 2 aromatic rings. The van der Waals surface area contributed by atoms with Crippen LogP contribution in [0.1, 0.15) is 23.6 Å². The van der Waals surface area contributed by atoms with Crippen LogP contribution in [0.2, 0.25) is 5.02 Å². The summed E-state index contributed by atoms with van der Waals surface area (Å²) < 4.78 is 11.6. The molecule has 3 rings (SSSR count). The average Bonchev–Trinajstić information content (AvgIpc) is 2.94. The fraction of sp³-hybridized carbons (Fsp3) is 0.227. The van der Waals surface area contributed by atoms with Gasteiger partial charge in [-0.05, 0) is 43.2 Å². The normalized spacial score (nSPS) is 14.7. The van der Waals surface area contributed by atoms with Crippen molar-refractivity contribution in [2.75, 3.05) is 13.2 Å². The number of carbonyl (C=O) groups is 3. The van der Waals surface area contributed by atoms with Gasteiger partial charge < -0.3 is 19.9 Å². The molecule has 1 aliphatic heterocycles. The topological polar surface area (TPSA) is 105 Å². The van der Waals surface area contributed by atoms with Crippen LogP contribution in [0.25, 0.3) is 6.08 Å². The molecule has 3 amide bonds. The van der Waals surface area contributed by atoms with E-state index >= 15 is 0 Å². The van der Waals surface area contributed by atoms with Crippen molar-refractivity contribution < 1.29 is 29.0 Å². The Morgan fingerprint density at radius 3 is 2.68 bits per heavy atom. The van der Waals surface area contributed by atoms with Crippen molar-refractivity contribution in [2.45, 2.75) is 20.5 Å². The maximum absolute atomic E-state index is 12.3. The van der Waals surface area contributed by atoms with E-state index in [0.717, 1.165) is 11.1 Å². The number of urea groups is 1. The fourth-order valence-corrected chi connectivity index (χ4v) is 3.32. The molecule has 2 aromatic carbocycles. The number of imide groups is 1. The van der Waals surface area contributed by atoms with Crippen LogP contribution < -0.4 is 14.8 Å². The summed E-state index contributed by atoms with van der Waals surface area (Å²) >= 11 is 6.42. The Morgan fingerprint density at radius 1 is 1.23 bits per heavy atom. The Hall–Kier alpha value is -3.52. The van der Waals surface area contributed by atoms with Gasteiger partial charge in [-0.25, -0.2) is 9.69 Å². The lowest BCUT2D eigenvalue weighted by Gasteiger charge is -2.15. The third kappa shape index (κ3) is 5.35. The van der Waals surface area contributed by atoms with Crippen molar-refractivity contribution in [3.05, 3.63) is 63.8 Å². The fourth-order valence-electron chi connectivity index (χ4n) is 3.05. The van der Waals surface area contributed by atoms with Crippen LogP contribution in [0.15, 0.2) is 42.1 Å². The summed E-state index contributed by atoms with van der Waals surface area (Å²) in [6, 6.07) is 10.3. The SMILES string of the molecule is CCOc1cc(/C=C2/NC(=O)N(CC(=O)O)C2=O)cc(Cl)c1OCc1cccc(C)c1. The van der Waals surface area contributed by atoms with Gasteiger partial charge in [0.15, 0.2) is 11.5 Å². The van der Waals surface area contributed by atoms with Crippen molar-refractivity contribution in [3.63, 3.8) is 0 Å². The molecular weight excluding hydrogens is 424 g/mol. The van der Waals surface area contributed by atoms with Crippen LogP contribution in [0.5, 0.6) is 11.5 Å². The maximum atomic E-state index is 12.3.